The van der Waals surface area contributed by atoms with Gasteiger partial charge < -0.3 is 29.3 Å². The second-order valence-electron chi connectivity index (χ2n) is 12.0. The third-order valence-corrected chi connectivity index (χ3v) is 6.67. The zero-order chi connectivity index (χ0) is 29.9. The Hall–Kier alpha value is -3.72. The number of carbonyl (C=O) groups is 2. The number of fused-ring (bicyclic) bond motifs is 1. The van der Waals surface area contributed by atoms with Crippen LogP contribution in [0.3, 0.4) is 0 Å². The lowest BCUT2D eigenvalue weighted by Crippen LogP contribution is -2.50. The minimum absolute atomic E-state index is 0.303. The number of nitrogens with zero attached hydrogens (tertiary/aromatic N) is 3. The first-order valence-electron chi connectivity index (χ1n) is 13.7. The second-order valence-corrected chi connectivity index (χ2v) is 12.5. The molecule has 0 spiro atoms. The van der Waals surface area contributed by atoms with Crippen LogP contribution < -0.4 is 15.0 Å². The number of alkyl carbamates (subject to hydrolysis) is 1. The van der Waals surface area contributed by atoms with E-state index >= 15 is 0 Å². The third-order valence-electron chi connectivity index (χ3n) is 6.39. The standard InChI is InChI=1S/C31H39ClN4O5/c1-30(2,3)40-28(37)33-19-20-8-11-26(39-7)23(16-20)21-9-10-25-22(17-21)18-24(32)27(34-25)35-12-14-36(15-13-35)29(38)41-31(4,5)6/h8-11,16-18H,12-15,19H2,1-7H3,(H,33,37). The molecule has 0 atom stereocenters. The molecule has 2 aromatic carbocycles. The maximum absolute atomic E-state index is 12.4. The van der Waals surface area contributed by atoms with Gasteiger partial charge in [-0.05, 0) is 83.0 Å². The Kier molecular flexibility index (Phi) is 8.87. The minimum atomic E-state index is -0.566. The molecule has 2 heterocycles. The number of hydrogen-bond donors (Lipinski definition) is 1. The molecule has 0 bridgehead atoms. The van der Waals surface area contributed by atoms with Crippen molar-refractivity contribution in [3.05, 3.63) is 53.1 Å². The molecule has 1 aromatic heterocycles. The molecule has 4 rings (SSSR count). The average molecular weight is 583 g/mol. The van der Waals surface area contributed by atoms with Gasteiger partial charge >= 0.3 is 12.2 Å². The van der Waals surface area contributed by atoms with Crippen LogP contribution in [-0.4, -0.2) is 66.6 Å². The molecular formula is C31H39ClN4O5. The van der Waals surface area contributed by atoms with Gasteiger partial charge in [-0.15, -0.1) is 0 Å². The van der Waals surface area contributed by atoms with Crippen LogP contribution in [0.1, 0.15) is 47.1 Å². The Morgan fingerprint density at radius 3 is 2.24 bits per heavy atom. The van der Waals surface area contributed by atoms with Crippen molar-refractivity contribution >= 4 is 40.5 Å². The van der Waals surface area contributed by atoms with E-state index in [-0.39, 0.29) is 6.09 Å². The molecule has 10 heteroatoms. The molecule has 0 unspecified atom stereocenters. The van der Waals surface area contributed by atoms with E-state index in [1.54, 1.807) is 12.0 Å². The molecule has 220 valence electrons. The van der Waals surface area contributed by atoms with E-state index in [1.807, 2.05) is 84.0 Å². The summed E-state index contributed by atoms with van der Waals surface area (Å²) in [6.07, 6.45) is -0.772. The Morgan fingerprint density at radius 1 is 0.927 bits per heavy atom. The molecule has 1 aliphatic heterocycles. The number of piperazine rings is 1. The topological polar surface area (TPSA) is 93.2 Å². The first kappa shape index (κ1) is 30.2. The molecule has 0 saturated carbocycles. The van der Waals surface area contributed by atoms with Crippen LogP contribution >= 0.6 is 11.6 Å². The van der Waals surface area contributed by atoms with E-state index in [1.165, 1.54) is 0 Å². The van der Waals surface area contributed by atoms with Crippen molar-refractivity contribution < 1.29 is 23.8 Å². The van der Waals surface area contributed by atoms with Gasteiger partial charge in [0.25, 0.3) is 0 Å². The summed E-state index contributed by atoms with van der Waals surface area (Å²) < 4.78 is 16.5. The monoisotopic (exact) mass is 582 g/mol. The number of carbonyl (C=O) groups excluding carboxylic acids is 2. The average Bonchev–Trinajstić information content (AvgIpc) is 2.89. The molecule has 0 radical (unpaired) electrons. The molecule has 1 saturated heterocycles. The van der Waals surface area contributed by atoms with E-state index < -0.39 is 17.3 Å². The van der Waals surface area contributed by atoms with Crippen LogP contribution in [-0.2, 0) is 16.0 Å². The van der Waals surface area contributed by atoms with Gasteiger partial charge in [-0.3, -0.25) is 0 Å². The molecule has 2 amide bonds. The fourth-order valence-corrected chi connectivity index (χ4v) is 4.82. The SMILES string of the molecule is COc1ccc(CNC(=O)OC(C)(C)C)cc1-c1ccc2nc(N3CCN(C(=O)OC(C)(C)C)CC3)c(Cl)cc2c1. The number of halogens is 1. The number of hydrogen-bond acceptors (Lipinski definition) is 7. The van der Waals surface area contributed by atoms with Gasteiger partial charge in [0.1, 0.15) is 22.8 Å². The summed E-state index contributed by atoms with van der Waals surface area (Å²) in [7, 11) is 1.63. The summed E-state index contributed by atoms with van der Waals surface area (Å²) in [6, 6.07) is 13.7. The van der Waals surface area contributed by atoms with Gasteiger partial charge in [-0.2, -0.15) is 0 Å². The van der Waals surface area contributed by atoms with E-state index in [9.17, 15) is 9.59 Å². The molecule has 1 fully saturated rings. The van der Waals surface area contributed by atoms with Gasteiger partial charge in [-0.25, -0.2) is 14.6 Å². The number of ether oxygens (including phenoxy) is 3. The lowest BCUT2D eigenvalue weighted by Gasteiger charge is -2.36. The predicted molar refractivity (Wildman–Crippen MR) is 162 cm³/mol. The molecular weight excluding hydrogens is 544 g/mol. The summed E-state index contributed by atoms with van der Waals surface area (Å²) in [5.41, 5.74) is 2.44. The number of amides is 2. The number of benzene rings is 2. The fraction of sp³-hybridized carbons (Fsp3) is 0.452. The number of anilines is 1. The van der Waals surface area contributed by atoms with Crippen LogP contribution in [0.4, 0.5) is 15.4 Å². The second kappa shape index (κ2) is 12.0. The summed E-state index contributed by atoms with van der Waals surface area (Å²) >= 11 is 6.74. The predicted octanol–water partition coefficient (Wildman–Crippen LogP) is 6.65. The maximum atomic E-state index is 12.4. The molecule has 0 aliphatic carbocycles. The van der Waals surface area contributed by atoms with Crippen molar-refractivity contribution in [2.45, 2.75) is 59.3 Å². The Balaban J connectivity index is 1.51. The quantitative estimate of drug-likeness (QED) is 0.360. The zero-order valence-corrected chi connectivity index (χ0v) is 25.6. The van der Waals surface area contributed by atoms with Gasteiger partial charge in [-0.1, -0.05) is 23.7 Å². The van der Waals surface area contributed by atoms with Crippen molar-refractivity contribution in [1.29, 1.82) is 0 Å². The van der Waals surface area contributed by atoms with Crippen molar-refractivity contribution in [3.8, 4) is 16.9 Å². The normalized spacial score (nSPS) is 14.1. The lowest BCUT2D eigenvalue weighted by molar-refractivity contribution is 0.0240. The van der Waals surface area contributed by atoms with Gasteiger partial charge in [0.15, 0.2) is 0 Å². The Morgan fingerprint density at radius 2 is 1.61 bits per heavy atom. The van der Waals surface area contributed by atoms with Crippen LogP contribution in [0.5, 0.6) is 5.75 Å². The van der Waals surface area contributed by atoms with Crippen molar-refractivity contribution in [3.63, 3.8) is 0 Å². The van der Waals surface area contributed by atoms with Gasteiger partial charge in [0, 0.05) is 43.7 Å². The van der Waals surface area contributed by atoms with Gasteiger partial charge in [0.2, 0.25) is 0 Å². The number of methoxy groups -OCH3 is 1. The smallest absolute Gasteiger partial charge is 0.410 e. The summed E-state index contributed by atoms with van der Waals surface area (Å²) in [5.74, 6) is 1.41. The zero-order valence-electron chi connectivity index (χ0n) is 24.8. The molecule has 1 aliphatic rings. The van der Waals surface area contributed by atoms with Crippen LogP contribution in [0.15, 0.2) is 42.5 Å². The van der Waals surface area contributed by atoms with E-state index in [0.717, 1.165) is 27.6 Å². The first-order valence-corrected chi connectivity index (χ1v) is 14.1. The molecule has 41 heavy (non-hydrogen) atoms. The first-order chi connectivity index (χ1) is 19.2. The maximum Gasteiger partial charge on any atom is 0.410 e. The molecule has 9 nitrogen and oxygen atoms in total. The summed E-state index contributed by atoms with van der Waals surface area (Å²) in [6.45, 7) is 13.7. The lowest BCUT2D eigenvalue weighted by atomic mass is 10.00. The molecule has 1 N–H and O–H groups in total. The van der Waals surface area contributed by atoms with Crippen LogP contribution in [0.25, 0.3) is 22.0 Å². The highest BCUT2D eigenvalue weighted by Gasteiger charge is 2.27. The highest BCUT2D eigenvalue weighted by Crippen LogP contribution is 2.35. The van der Waals surface area contributed by atoms with Crippen molar-refractivity contribution in [2.24, 2.45) is 0 Å². The number of rotatable bonds is 5. The van der Waals surface area contributed by atoms with Crippen molar-refractivity contribution in [1.82, 2.24) is 15.2 Å². The number of pyridine rings is 1. The molecule has 3 aromatic rings. The summed E-state index contributed by atoms with van der Waals surface area (Å²) in [4.78, 5) is 33.2. The number of nitrogens with one attached hydrogen (secondary N) is 1. The van der Waals surface area contributed by atoms with Crippen molar-refractivity contribution in [2.75, 3.05) is 38.2 Å². The van der Waals surface area contributed by atoms with Crippen LogP contribution in [0.2, 0.25) is 5.02 Å². The largest absolute Gasteiger partial charge is 0.496 e. The highest BCUT2D eigenvalue weighted by molar-refractivity contribution is 6.33. The minimum Gasteiger partial charge on any atom is -0.496 e. The van der Waals surface area contributed by atoms with E-state index in [4.69, 9.17) is 30.8 Å². The van der Waals surface area contributed by atoms with Gasteiger partial charge in [0.05, 0.1) is 17.6 Å². The number of aromatic nitrogens is 1. The Bertz CT molecular complexity index is 1420. The van der Waals surface area contributed by atoms with E-state index in [2.05, 4.69) is 10.2 Å². The van der Waals surface area contributed by atoms with Crippen LogP contribution in [0, 0.1) is 0 Å². The Labute approximate surface area is 246 Å². The highest BCUT2D eigenvalue weighted by atomic mass is 35.5. The third kappa shape index (κ3) is 7.94. The summed E-state index contributed by atoms with van der Waals surface area (Å²) in [5, 5.41) is 4.24. The van der Waals surface area contributed by atoms with E-state index in [0.29, 0.717) is 49.3 Å². The fourth-order valence-electron chi connectivity index (χ4n) is 4.54.